The van der Waals surface area contributed by atoms with Crippen LogP contribution in [0.1, 0.15) is 38.5 Å². The van der Waals surface area contributed by atoms with Gasteiger partial charge in [0.1, 0.15) is 0 Å². The van der Waals surface area contributed by atoms with E-state index in [1.165, 1.54) is 0 Å². The third kappa shape index (κ3) is 1.84. The van der Waals surface area contributed by atoms with Crippen LogP contribution in [0.15, 0.2) is 0 Å². The summed E-state index contributed by atoms with van der Waals surface area (Å²) in [4.78, 5) is 0. The number of hydrogen-bond acceptors (Lipinski definition) is 2. The highest BCUT2D eigenvalue weighted by molar-refractivity contribution is 5.07. The normalized spacial score (nSPS) is 38.4. The largest absolute Gasteiger partial charge is 0.417 e. The minimum atomic E-state index is -4.27. The van der Waals surface area contributed by atoms with Gasteiger partial charge in [-0.1, -0.05) is 0 Å². The van der Waals surface area contributed by atoms with Gasteiger partial charge in [-0.05, 0) is 44.4 Å². The summed E-state index contributed by atoms with van der Waals surface area (Å²) in [6, 6.07) is 0. The molecular weight excluding hydrogens is 219 g/mol. The van der Waals surface area contributed by atoms with Crippen molar-refractivity contribution in [3.63, 3.8) is 0 Å². The Morgan fingerprint density at radius 2 is 1.62 bits per heavy atom. The molecule has 16 heavy (non-hydrogen) atoms. The maximum atomic E-state index is 12.9. The van der Waals surface area contributed by atoms with Gasteiger partial charge in [-0.25, -0.2) is 0 Å². The van der Waals surface area contributed by atoms with Crippen LogP contribution in [-0.2, 0) is 4.74 Å². The fourth-order valence-corrected chi connectivity index (χ4v) is 2.81. The Kier molecular flexibility index (Phi) is 2.74. The zero-order valence-electron chi connectivity index (χ0n) is 9.44. The molecule has 2 N–H and O–H groups in total. The van der Waals surface area contributed by atoms with Crippen molar-refractivity contribution in [2.24, 2.45) is 11.7 Å². The second kappa shape index (κ2) is 3.60. The quantitative estimate of drug-likeness (QED) is 0.801. The topological polar surface area (TPSA) is 35.2 Å². The summed E-state index contributed by atoms with van der Waals surface area (Å²) in [5.74, 6) is 0.248. The molecule has 0 aromatic rings. The third-order valence-electron chi connectivity index (χ3n) is 4.34. The van der Waals surface area contributed by atoms with Crippen LogP contribution in [0, 0.1) is 5.92 Å². The van der Waals surface area contributed by atoms with Crippen LogP contribution in [0.2, 0.25) is 0 Å². The van der Waals surface area contributed by atoms with E-state index in [1.54, 1.807) is 0 Å². The molecule has 0 aromatic carbocycles. The van der Waals surface area contributed by atoms with Crippen LogP contribution >= 0.6 is 0 Å². The molecule has 0 aliphatic heterocycles. The van der Waals surface area contributed by atoms with Gasteiger partial charge in [0.2, 0.25) is 0 Å². The standard InChI is InChI=1S/C11H18F3NO/c1-16-10(11(12,13)14)4-2-8(3-5-10)9(15)6-7-9/h8H,2-7,15H2,1H3. The third-order valence-corrected chi connectivity index (χ3v) is 4.34. The molecule has 5 heteroatoms. The molecule has 0 radical (unpaired) electrons. The maximum absolute atomic E-state index is 12.9. The number of methoxy groups -OCH3 is 1. The SMILES string of the molecule is COC1(C(F)(F)F)CCC(C2(N)CC2)CC1. The minimum Gasteiger partial charge on any atom is -0.369 e. The van der Waals surface area contributed by atoms with Gasteiger partial charge in [-0.2, -0.15) is 13.2 Å². The highest BCUT2D eigenvalue weighted by atomic mass is 19.4. The van der Waals surface area contributed by atoms with Crippen LogP contribution in [0.3, 0.4) is 0 Å². The first-order valence-corrected chi connectivity index (χ1v) is 5.74. The summed E-state index contributed by atoms with van der Waals surface area (Å²) >= 11 is 0. The second-order valence-corrected chi connectivity index (χ2v) is 5.20. The summed E-state index contributed by atoms with van der Waals surface area (Å²) in [5, 5.41) is 0. The summed E-state index contributed by atoms with van der Waals surface area (Å²) < 4.78 is 43.4. The van der Waals surface area contributed by atoms with Crippen molar-refractivity contribution in [2.45, 2.75) is 55.8 Å². The number of alkyl halides is 3. The van der Waals surface area contributed by atoms with E-state index in [-0.39, 0.29) is 24.3 Å². The maximum Gasteiger partial charge on any atom is 0.417 e. The van der Waals surface area contributed by atoms with Crippen LogP contribution in [0.5, 0.6) is 0 Å². The lowest BCUT2D eigenvalue weighted by Gasteiger charge is -2.41. The van der Waals surface area contributed by atoms with Gasteiger partial charge >= 0.3 is 6.18 Å². The lowest BCUT2D eigenvalue weighted by atomic mass is 9.74. The zero-order chi connectivity index (χ0) is 12.0. The van der Waals surface area contributed by atoms with E-state index in [2.05, 4.69) is 0 Å². The molecule has 2 aliphatic carbocycles. The summed E-state index contributed by atoms with van der Waals surface area (Å²) in [5.41, 5.74) is 3.96. The Balaban J connectivity index is 2.02. The lowest BCUT2D eigenvalue weighted by molar-refractivity contribution is -0.282. The molecule has 0 spiro atoms. The molecule has 0 aromatic heterocycles. The van der Waals surface area contributed by atoms with Gasteiger partial charge in [0.25, 0.3) is 0 Å². The first-order chi connectivity index (χ1) is 7.33. The molecule has 94 valence electrons. The molecule has 2 fully saturated rings. The van der Waals surface area contributed by atoms with Gasteiger partial charge < -0.3 is 10.5 Å². The average molecular weight is 237 g/mol. The lowest BCUT2D eigenvalue weighted by Crippen LogP contribution is -2.51. The second-order valence-electron chi connectivity index (χ2n) is 5.20. The van der Waals surface area contributed by atoms with Gasteiger partial charge in [-0.15, -0.1) is 0 Å². The zero-order valence-corrected chi connectivity index (χ0v) is 9.44. The number of halogens is 3. The van der Waals surface area contributed by atoms with Crippen molar-refractivity contribution in [2.75, 3.05) is 7.11 Å². The number of rotatable bonds is 2. The molecule has 0 atom stereocenters. The molecule has 2 aliphatic rings. The average Bonchev–Trinajstić information content (AvgIpc) is 2.96. The van der Waals surface area contributed by atoms with Gasteiger partial charge in [0, 0.05) is 12.6 Å². The van der Waals surface area contributed by atoms with Crippen molar-refractivity contribution in [3.8, 4) is 0 Å². The van der Waals surface area contributed by atoms with Crippen LogP contribution in [0.25, 0.3) is 0 Å². The van der Waals surface area contributed by atoms with E-state index in [0.29, 0.717) is 12.8 Å². The smallest absolute Gasteiger partial charge is 0.369 e. The fraction of sp³-hybridized carbons (Fsp3) is 1.00. The van der Waals surface area contributed by atoms with Crippen LogP contribution in [0.4, 0.5) is 13.2 Å². The van der Waals surface area contributed by atoms with Crippen molar-refractivity contribution < 1.29 is 17.9 Å². The molecule has 2 saturated carbocycles. The van der Waals surface area contributed by atoms with Gasteiger partial charge in [0.05, 0.1) is 0 Å². The van der Waals surface area contributed by atoms with Crippen LogP contribution < -0.4 is 5.73 Å². The molecule has 0 heterocycles. The van der Waals surface area contributed by atoms with Crippen LogP contribution in [-0.4, -0.2) is 24.4 Å². The number of hydrogen-bond donors (Lipinski definition) is 1. The molecule has 0 unspecified atom stereocenters. The van der Waals surface area contributed by atoms with E-state index in [4.69, 9.17) is 10.5 Å². The predicted octanol–water partition coefficient (Wildman–Crippen LogP) is 2.62. The van der Waals surface area contributed by atoms with E-state index < -0.39 is 11.8 Å². The van der Waals surface area contributed by atoms with E-state index in [0.717, 1.165) is 20.0 Å². The molecule has 0 saturated heterocycles. The molecule has 0 amide bonds. The monoisotopic (exact) mass is 237 g/mol. The Bertz CT molecular complexity index is 265. The van der Waals surface area contributed by atoms with Gasteiger partial charge in [0.15, 0.2) is 5.60 Å². The molecule has 2 nitrogen and oxygen atoms in total. The van der Waals surface area contributed by atoms with Crippen molar-refractivity contribution in [1.82, 2.24) is 0 Å². The van der Waals surface area contributed by atoms with Crippen molar-refractivity contribution >= 4 is 0 Å². The highest BCUT2D eigenvalue weighted by Crippen LogP contribution is 2.52. The fourth-order valence-electron chi connectivity index (χ4n) is 2.81. The first kappa shape index (κ1) is 12.2. The summed E-state index contributed by atoms with van der Waals surface area (Å²) in [6.45, 7) is 0. The summed E-state index contributed by atoms with van der Waals surface area (Å²) in [7, 11) is 1.16. The minimum absolute atomic E-state index is 0.0522. The Labute approximate surface area is 93.3 Å². The molecule has 0 bridgehead atoms. The van der Waals surface area contributed by atoms with E-state index >= 15 is 0 Å². The Hall–Kier alpha value is -0.290. The van der Waals surface area contributed by atoms with E-state index in [9.17, 15) is 13.2 Å². The number of ether oxygens (including phenoxy) is 1. The van der Waals surface area contributed by atoms with Gasteiger partial charge in [-0.3, -0.25) is 0 Å². The predicted molar refractivity (Wildman–Crippen MR) is 53.9 cm³/mol. The first-order valence-electron chi connectivity index (χ1n) is 5.74. The van der Waals surface area contributed by atoms with Crippen molar-refractivity contribution in [3.05, 3.63) is 0 Å². The Morgan fingerprint density at radius 1 is 1.12 bits per heavy atom. The molecular formula is C11H18F3NO. The molecule has 2 rings (SSSR count). The van der Waals surface area contributed by atoms with E-state index in [1.807, 2.05) is 0 Å². The highest BCUT2D eigenvalue weighted by Gasteiger charge is 2.59. The summed E-state index contributed by atoms with van der Waals surface area (Å²) in [6.07, 6.45) is -1.17. The van der Waals surface area contributed by atoms with Crippen molar-refractivity contribution in [1.29, 1.82) is 0 Å². The Morgan fingerprint density at radius 3 is 1.94 bits per heavy atom. The number of nitrogens with two attached hydrogens (primary N) is 1.